The first-order valence-electron chi connectivity index (χ1n) is 12.1. The highest BCUT2D eigenvalue weighted by atomic mass is 19.1. The zero-order valence-electron chi connectivity index (χ0n) is 21.8. The van der Waals surface area contributed by atoms with E-state index in [1.165, 1.54) is 30.6 Å². The minimum absolute atomic E-state index is 0.00350. The molecular formula is C26H29FN10O3. The topological polar surface area (TPSA) is 164 Å². The number of methoxy groups -OCH3 is 1. The summed E-state index contributed by atoms with van der Waals surface area (Å²) in [5.74, 6) is 3.74. The lowest BCUT2D eigenvalue weighted by Crippen LogP contribution is -2.51. The molecule has 1 fully saturated rings. The Hall–Kier alpha value is -5.24. The third kappa shape index (κ3) is 5.47. The molecule has 208 valence electrons. The van der Waals surface area contributed by atoms with Gasteiger partial charge in [-0.3, -0.25) is 19.6 Å². The van der Waals surface area contributed by atoms with Gasteiger partial charge in [-0.05, 0) is 24.9 Å². The van der Waals surface area contributed by atoms with Crippen molar-refractivity contribution in [2.45, 2.75) is 0 Å². The van der Waals surface area contributed by atoms with Crippen LogP contribution in [0, 0.1) is 0 Å². The van der Waals surface area contributed by atoms with Gasteiger partial charge in [0.25, 0.3) is 11.7 Å². The number of nitrogens with one attached hydrogen (secondary N) is 1. The molecule has 0 spiro atoms. The maximum absolute atomic E-state index is 14.9. The number of hydrogen-bond donors (Lipinski definition) is 3. The Labute approximate surface area is 228 Å². The predicted octanol–water partition coefficient (Wildman–Crippen LogP) is -0.229. The number of halogens is 1. The van der Waals surface area contributed by atoms with Gasteiger partial charge in [-0.2, -0.15) is 9.67 Å². The molecule has 2 aromatic heterocycles. The number of carbonyl (C=O) groups excluding carboxylic acids is 2. The maximum atomic E-state index is 14.9. The average molecular weight is 549 g/mol. The summed E-state index contributed by atoms with van der Waals surface area (Å²) in [6, 6.07) is 9.64. The number of para-hydroxylation sites is 1. The molecule has 0 unspecified atom stereocenters. The number of allylic oxidation sites excluding steroid dienone is 1. The largest absolute Gasteiger partial charge is 0.466 e. The van der Waals surface area contributed by atoms with Crippen molar-refractivity contribution in [1.29, 1.82) is 0 Å². The monoisotopic (exact) mass is 548 g/mol. The van der Waals surface area contributed by atoms with E-state index in [4.69, 9.17) is 16.3 Å². The van der Waals surface area contributed by atoms with Crippen molar-refractivity contribution in [1.82, 2.24) is 29.7 Å². The van der Waals surface area contributed by atoms with Crippen molar-refractivity contribution >= 4 is 36.0 Å². The van der Waals surface area contributed by atoms with E-state index >= 15 is 0 Å². The Morgan fingerprint density at radius 3 is 2.55 bits per heavy atom. The number of ketones is 1. The summed E-state index contributed by atoms with van der Waals surface area (Å²) >= 11 is 0. The summed E-state index contributed by atoms with van der Waals surface area (Å²) in [5.41, 5.74) is 6.66. The maximum Gasteiger partial charge on any atom is 0.337 e. The van der Waals surface area contributed by atoms with E-state index in [9.17, 15) is 14.0 Å². The lowest BCUT2D eigenvalue weighted by Gasteiger charge is -2.34. The molecule has 5 N–H and O–H groups in total. The highest BCUT2D eigenvalue weighted by molar-refractivity contribution is 6.42. The molecule has 1 saturated heterocycles. The number of hydrogen-bond acceptors (Lipinski definition) is 10. The minimum Gasteiger partial charge on any atom is -0.466 e. The van der Waals surface area contributed by atoms with E-state index in [0.29, 0.717) is 19.0 Å². The van der Waals surface area contributed by atoms with Crippen LogP contribution in [0.15, 0.2) is 66.6 Å². The Kier molecular flexibility index (Phi) is 8.39. The van der Waals surface area contributed by atoms with Crippen LogP contribution in [0.5, 0.6) is 6.01 Å². The molecule has 1 aromatic carbocycles. The molecule has 0 aliphatic carbocycles. The number of H-pyrrole nitrogens is 1. The Morgan fingerprint density at radius 1 is 1.23 bits per heavy atom. The van der Waals surface area contributed by atoms with Crippen LogP contribution in [0.4, 0.5) is 10.3 Å². The quantitative estimate of drug-likeness (QED) is 0.108. The number of aromatic nitrogens is 4. The highest BCUT2D eigenvalue weighted by Crippen LogP contribution is 2.22. The number of rotatable bonds is 9. The van der Waals surface area contributed by atoms with Crippen LogP contribution >= 0.6 is 0 Å². The SMILES string of the molecule is C=C/C(F)=c1/c(C(=O)C(=O)N2CCN(c3nc(OC)nn3-c3ccccc3)CC2)c[nH]/c1=C(/N)N(N)/C=C\N=C. The summed E-state index contributed by atoms with van der Waals surface area (Å²) in [5, 5.41) is 5.15. The van der Waals surface area contributed by atoms with Crippen LogP contribution in [-0.4, -0.2) is 81.4 Å². The van der Waals surface area contributed by atoms with Gasteiger partial charge in [0.1, 0.15) is 11.6 Å². The van der Waals surface area contributed by atoms with E-state index in [-0.39, 0.29) is 41.1 Å². The van der Waals surface area contributed by atoms with Gasteiger partial charge in [0.05, 0.1) is 28.9 Å². The van der Waals surface area contributed by atoms with Crippen LogP contribution in [0.2, 0.25) is 0 Å². The summed E-state index contributed by atoms with van der Waals surface area (Å²) in [4.78, 5) is 40.6. The fourth-order valence-corrected chi connectivity index (χ4v) is 4.17. The van der Waals surface area contributed by atoms with Gasteiger partial charge in [-0.15, -0.1) is 5.10 Å². The number of Topliss-reactive ketones (excluding diaryl/α,β-unsaturated/α-hetero) is 1. The van der Waals surface area contributed by atoms with Gasteiger partial charge >= 0.3 is 6.01 Å². The van der Waals surface area contributed by atoms with Crippen LogP contribution in [-0.2, 0) is 4.79 Å². The number of aromatic amines is 1. The molecule has 0 atom stereocenters. The molecule has 0 saturated carbocycles. The number of ether oxygens (including phenoxy) is 1. The van der Waals surface area contributed by atoms with Crippen molar-refractivity contribution in [3.05, 3.63) is 77.7 Å². The number of aliphatic imine (C=N–C) groups is 1. The lowest BCUT2D eigenvalue weighted by atomic mass is 10.1. The zero-order chi connectivity index (χ0) is 28.8. The number of carbonyl (C=O) groups is 2. The number of benzene rings is 1. The number of piperazine rings is 1. The van der Waals surface area contributed by atoms with Crippen molar-refractivity contribution in [2.75, 3.05) is 38.2 Å². The third-order valence-electron chi connectivity index (χ3n) is 6.21. The van der Waals surface area contributed by atoms with Crippen LogP contribution in [0.3, 0.4) is 0 Å². The Bertz CT molecular complexity index is 1570. The number of anilines is 1. The zero-order valence-corrected chi connectivity index (χ0v) is 21.8. The summed E-state index contributed by atoms with van der Waals surface area (Å²) < 4.78 is 21.8. The Morgan fingerprint density at radius 2 is 1.93 bits per heavy atom. The van der Waals surface area contributed by atoms with Gasteiger partial charge in [0.2, 0.25) is 5.95 Å². The van der Waals surface area contributed by atoms with Crippen LogP contribution in [0.25, 0.3) is 17.3 Å². The number of nitrogens with two attached hydrogens (primary N) is 2. The van der Waals surface area contributed by atoms with E-state index in [0.717, 1.165) is 16.8 Å². The molecule has 40 heavy (non-hydrogen) atoms. The second kappa shape index (κ2) is 12.1. The van der Waals surface area contributed by atoms with E-state index in [1.807, 2.05) is 35.2 Å². The molecule has 1 aliphatic heterocycles. The van der Waals surface area contributed by atoms with E-state index < -0.39 is 17.5 Å². The summed E-state index contributed by atoms with van der Waals surface area (Å²) in [6.07, 6.45) is 4.70. The number of amides is 1. The second-order valence-electron chi connectivity index (χ2n) is 8.53. The first kappa shape index (κ1) is 27.8. The van der Waals surface area contributed by atoms with Gasteiger partial charge in [-0.25, -0.2) is 10.2 Å². The van der Waals surface area contributed by atoms with Gasteiger partial charge in [-0.1, -0.05) is 24.8 Å². The average Bonchev–Trinajstić information content (AvgIpc) is 3.64. The number of nitrogens with zero attached hydrogens (tertiary/aromatic N) is 7. The van der Waals surface area contributed by atoms with Crippen LogP contribution in [0.1, 0.15) is 10.4 Å². The second-order valence-corrected chi connectivity index (χ2v) is 8.53. The van der Waals surface area contributed by atoms with Gasteiger partial charge < -0.3 is 25.3 Å². The molecule has 1 aliphatic rings. The first-order chi connectivity index (χ1) is 19.3. The molecule has 13 nitrogen and oxygen atoms in total. The molecule has 1 amide bonds. The number of hydrazine groups is 1. The fraction of sp³-hybridized carbons (Fsp3) is 0.192. The predicted molar refractivity (Wildman–Crippen MR) is 148 cm³/mol. The fourth-order valence-electron chi connectivity index (χ4n) is 4.17. The van der Waals surface area contributed by atoms with Gasteiger partial charge in [0, 0.05) is 44.8 Å². The van der Waals surface area contributed by atoms with Crippen molar-refractivity contribution in [2.24, 2.45) is 16.6 Å². The molecule has 14 heteroatoms. The first-order valence-corrected chi connectivity index (χ1v) is 12.1. The molecule has 4 rings (SSSR count). The van der Waals surface area contributed by atoms with E-state index in [1.54, 1.807) is 4.68 Å². The normalized spacial score (nSPS) is 15.1. The molecule has 3 aromatic rings. The van der Waals surface area contributed by atoms with Crippen LogP contribution < -0.4 is 31.8 Å². The summed E-state index contributed by atoms with van der Waals surface area (Å²) in [6.45, 7) is 7.92. The Balaban J connectivity index is 1.57. The van der Waals surface area contributed by atoms with E-state index in [2.05, 4.69) is 33.4 Å². The van der Waals surface area contributed by atoms with Gasteiger partial charge in [0.15, 0.2) is 0 Å². The molecule has 0 bridgehead atoms. The van der Waals surface area contributed by atoms with Crippen molar-refractivity contribution < 1.29 is 18.7 Å². The van der Waals surface area contributed by atoms with Crippen molar-refractivity contribution in [3.63, 3.8) is 0 Å². The smallest absolute Gasteiger partial charge is 0.337 e. The standard InChI is InChI=1S/C26H29FN10O3/c1-4-19(27)20-18(16-31-21(20)23(28)36(29)11-10-30-2)22(38)24(39)34-12-14-35(15-13-34)26-32-25(40-3)33-37(26)17-8-6-5-7-9-17/h4-11,16,31H,1-2,12-15,28-29H2,3H3/b11-10-,20-19+,23-21-. The minimum atomic E-state index is -0.906. The summed E-state index contributed by atoms with van der Waals surface area (Å²) in [7, 11) is 1.48. The van der Waals surface area contributed by atoms with Crippen molar-refractivity contribution in [3.8, 4) is 11.7 Å². The molecule has 0 radical (unpaired) electrons. The lowest BCUT2D eigenvalue weighted by molar-refractivity contribution is -0.126. The molecule has 3 heterocycles. The molecular weight excluding hydrogens is 519 g/mol. The third-order valence-corrected chi connectivity index (χ3v) is 6.21. The highest BCUT2D eigenvalue weighted by Gasteiger charge is 2.30.